The zero-order valence-electron chi connectivity index (χ0n) is 6.91. The SMILES string of the molecule is C=CC(CCC)OS(C)(=O)=O. The smallest absolute Gasteiger partial charge is 0.263 e. The minimum atomic E-state index is -3.33. The summed E-state index contributed by atoms with van der Waals surface area (Å²) in [5, 5.41) is 0. The third kappa shape index (κ3) is 6.06. The maximum Gasteiger partial charge on any atom is 0.264 e. The van der Waals surface area contributed by atoms with E-state index in [1.807, 2.05) is 6.92 Å². The van der Waals surface area contributed by atoms with Crippen LogP contribution in [0, 0.1) is 0 Å². The lowest BCUT2D eigenvalue weighted by atomic mass is 10.2. The van der Waals surface area contributed by atoms with E-state index in [4.69, 9.17) is 0 Å². The van der Waals surface area contributed by atoms with Crippen LogP contribution in [0.4, 0.5) is 0 Å². The van der Waals surface area contributed by atoms with Gasteiger partial charge in [-0.3, -0.25) is 4.18 Å². The molecule has 1 unspecified atom stereocenters. The maximum atomic E-state index is 10.6. The fourth-order valence-corrected chi connectivity index (χ4v) is 1.34. The van der Waals surface area contributed by atoms with Crippen LogP contribution in [0.25, 0.3) is 0 Å². The summed E-state index contributed by atoms with van der Waals surface area (Å²) in [5.41, 5.74) is 0. The summed E-state index contributed by atoms with van der Waals surface area (Å²) in [4.78, 5) is 0. The van der Waals surface area contributed by atoms with Crippen LogP contribution in [0.5, 0.6) is 0 Å². The van der Waals surface area contributed by atoms with Gasteiger partial charge in [0.2, 0.25) is 0 Å². The van der Waals surface area contributed by atoms with E-state index in [1.54, 1.807) is 0 Å². The van der Waals surface area contributed by atoms with Gasteiger partial charge in [0, 0.05) is 0 Å². The third-order valence-electron chi connectivity index (χ3n) is 1.13. The van der Waals surface area contributed by atoms with Gasteiger partial charge in [0.05, 0.1) is 12.4 Å². The Morgan fingerprint density at radius 2 is 2.18 bits per heavy atom. The van der Waals surface area contributed by atoms with Crippen molar-refractivity contribution in [3.8, 4) is 0 Å². The Labute approximate surface area is 68.2 Å². The molecule has 0 amide bonds. The molecule has 0 aromatic carbocycles. The van der Waals surface area contributed by atoms with E-state index in [-0.39, 0.29) is 6.10 Å². The Balaban J connectivity index is 3.98. The Morgan fingerprint density at radius 1 is 1.64 bits per heavy atom. The van der Waals surface area contributed by atoms with Crippen molar-refractivity contribution in [2.24, 2.45) is 0 Å². The molecule has 0 fully saturated rings. The Kier molecular flexibility index (Phi) is 4.37. The first-order valence-electron chi connectivity index (χ1n) is 3.50. The summed E-state index contributed by atoms with van der Waals surface area (Å²) in [7, 11) is -3.33. The van der Waals surface area contributed by atoms with Crippen LogP contribution in [-0.4, -0.2) is 20.8 Å². The van der Waals surface area contributed by atoms with Crippen molar-refractivity contribution >= 4 is 10.1 Å². The van der Waals surface area contributed by atoms with Gasteiger partial charge in [0.1, 0.15) is 0 Å². The van der Waals surface area contributed by atoms with Crippen LogP contribution in [0.15, 0.2) is 12.7 Å². The van der Waals surface area contributed by atoms with Gasteiger partial charge in [-0.15, -0.1) is 6.58 Å². The van der Waals surface area contributed by atoms with Crippen LogP contribution in [0.3, 0.4) is 0 Å². The van der Waals surface area contributed by atoms with Gasteiger partial charge in [-0.05, 0) is 6.42 Å². The molecule has 0 spiro atoms. The average molecular weight is 178 g/mol. The molecule has 0 rings (SSSR count). The van der Waals surface area contributed by atoms with Crippen LogP contribution >= 0.6 is 0 Å². The van der Waals surface area contributed by atoms with Crippen LogP contribution in [0.1, 0.15) is 19.8 Å². The summed E-state index contributed by atoms with van der Waals surface area (Å²) < 4.78 is 25.9. The van der Waals surface area contributed by atoms with E-state index in [0.29, 0.717) is 6.42 Å². The molecule has 3 nitrogen and oxygen atoms in total. The lowest BCUT2D eigenvalue weighted by Gasteiger charge is -2.09. The second-order valence-corrected chi connectivity index (χ2v) is 3.96. The number of hydrogen-bond donors (Lipinski definition) is 0. The minimum absolute atomic E-state index is 0.366. The second-order valence-electron chi connectivity index (χ2n) is 2.36. The summed E-state index contributed by atoms with van der Waals surface area (Å²) >= 11 is 0. The van der Waals surface area contributed by atoms with Gasteiger partial charge in [0.25, 0.3) is 10.1 Å². The molecule has 0 aromatic rings. The molecular formula is C7H14O3S. The van der Waals surface area contributed by atoms with Gasteiger partial charge in [-0.1, -0.05) is 19.4 Å². The molecule has 4 heteroatoms. The predicted molar refractivity (Wildman–Crippen MR) is 44.8 cm³/mol. The van der Waals surface area contributed by atoms with E-state index in [2.05, 4.69) is 10.8 Å². The first kappa shape index (κ1) is 10.7. The van der Waals surface area contributed by atoms with Crippen molar-refractivity contribution in [3.63, 3.8) is 0 Å². The number of rotatable bonds is 5. The topological polar surface area (TPSA) is 43.4 Å². The van der Waals surface area contributed by atoms with E-state index >= 15 is 0 Å². The number of hydrogen-bond acceptors (Lipinski definition) is 3. The zero-order chi connectivity index (χ0) is 8.91. The summed E-state index contributed by atoms with van der Waals surface area (Å²) in [6.07, 6.45) is 3.75. The molecule has 0 aliphatic rings. The molecule has 0 saturated heterocycles. The van der Waals surface area contributed by atoms with E-state index in [1.165, 1.54) is 6.08 Å². The lowest BCUT2D eigenvalue weighted by Crippen LogP contribution is -2.14. The molecular weight excluding hydrogens is 164 g/mol. The summed E-state index contributed by atoms with van der Waals surface area (Å²) in [6, 6.07) is 0. The van der Waals surface area contributed by atoms with Gasteiger partial charge < -0.3 is 0 Å². The minimum Gasteiger partial charge on any atom is -0.263 e. The molecule has 11 heavy (non-hydrogen) atoms. The summed E-state index contributed by atoms with van der Waals surface area (Å²) in [5.74, 6) is 0. The molecule has 1 atom stereocenters. The highest BCUT2D eigenvalue weighted by Crippen LogP contribution is 2.05. The normalized spacial score (nSPS) is 14.4. The van der Waals surface area contributed by atoms with Gasteiger partial charge in [-0.25, -0.2) is 0 Å². The average Bonchev–Trinajstić information content (AvgIpc) is 1.84. The second kappa shape index (κ2) is 4.51. The van der Waals surface area contributed by atoms with Gasteiger partial charge in [-0.2, -0.15) is 8.42 Å². The Morgan fingerprint density at radius 3 is 2.45 bits per heavy atom. The molecule has 0 aliphatic carbocycles. The summed E-state index contributed by atoms with van der Waals surface area (Å²) in [6.45, 7) is 5.43. The van der Waals surface area contributed by atoms with Crippen molar-refractivity contribution in [2.45, 2.75) is 25.9 Å². The van der Waals surface area contributed by atoms with E-state index in [9.17, 15) is 8.42 Å². The molecule has 0 aliphatic heterocycles. The third-order valence-corrected chi connectivity index (χ3v) is 1.73. The lowest BCUT2D eigenvalue weighted by molar-refractivity contribution is 0.247. The Hall–Kier alpha value is -0.350. The quantitative estimate of drug-likeness (QED) is 0.471. The van der Waals surface area contributed by atoms with Crippen molar-refractivity contribution in [1.29, 1.82) is 0 Å². The highest BCUT2D eigenvalue weighted by atomic mass is 32.2. The Bertz CT molecular complexity index is 206. The van der Waals surface area contributed by atoms with Gasteiger partial charge >= 0.3 is 0 Å². The first-order chi connectivity index (χ1) is 4.99. The molecule has 0 N–H and O–H groups in total. The maximum absolute atomic E-state index is 10.6. The van der Waals surface area contributed by atoms with Crippen molar-refractivity contribution < 1.29 is 12.6 Å². The predicted octanol–water partition coefficient (Wildman–Crippen LogP) is 1.32. The largest absolute Gasteiger partial charge is 0.264 e. The highest BCUT2D eigenvalue weighted by Gasteiger charge is 2.09. The standard InChI is InChI=1S/C7H14O3S/c1-4-6-7(5-2)10-11(3,8)9/h5,7H,2,4,6H2,1,3H3. The van der Waals surface area contributed by atoms with Crippen molar-refractivity contribution in [2.75, 3.05) is 6.26 Å². The molecule has 0 bridgehead atoms. The first-order valence-corrected chi connectivity index (χ1v) is 5.32. The monoisotopic (exact) mass is 178 g/mol. The molecule has 0 radical (unpaired) electrons. The fraction of sp³-hybridized carbons (Fsp3) is 0.714. The van der Waals surface area contributed by atoms with Crippen LogP contribution in [-0.2, 0) is 14.3 Å². The molecule has 66 valence electrons. The molecule has 0 heterocycles. The molecule has 0 saturated carbocycles. The highest BCUT2D eigenvalue weighted by molar-refractivity contribution is 7.86. The van der Waals surface area contributed by atoms with E-state index < -0.39 is 10.1 Å². The van der Waals surface area contributed by atoms with Crippen LogP contribution in [0.2, 0.25) is 0 Å². The van der Waals surface area contributed by atoms with Gasteiger partial charge in [0.15, 0.2) is 0 Å². The van der Waals surface area contributed by atoms with Crippen LogP contribution < -0.4 is 0 Å². The zero-order valence-corrected chi connectivity index (χ0v) is 7.73. The van der Waals surface area contributed by atoms with Crippen molar-refractivity contribution in [1.82, 2.24) is 0 Å². The fourth-order valence-electron chi connectivity index (χ4n) is 0.714. The molecule has 0 aromatic heterocycles. The van der Waals surface area contributed by atoms with E-state index in [0.717, 1.165) is 12.7 Å². The van der Waals surface area contributed by atoms with Crippen molar-refractivity contribution in [3.05, 3.63) is 12.7 Å².